The number of benzene rings is 4. The molecule has 4 heteroatoms. The van der Waals surface area contributed by atoms with Gasteiger partial charge < -0.3 is 10.7 Å². The van der Waals surface area contributed by atoms with Crippen LogP contribution in [-0.4, -0.2) is 15.7 Å². The second-order valence-corrected chi connectivity index (χ2v) is 11.5. The Labute approximate surface area is 275 Å². The van der Waals surface area contributed by atoms with E-state index in [0.29, 0.717) is 5.71 Å². The minimum Gasteiger partial charge on any atom is -0.355 e. The number of aryl methyl sites for hydroxylation is 1. The summed E-state index contributed by atoms with van der Waals surface area (Å²) in [5.74, 6) is 0.718. The van der Waals surface area contributed by atoms with E-state index in [0.717, 1.165) is 68.1 Å². The molecule has 47 heavy (non-hydrogen) atoms. The first kappa shape index (κ1) is 29.6. The van der Waals surface area contributed by atoms with E-state index in [1.807, 2.05) is 72.9 Å². The smallest absolute Gasteiger partial charge is 0.160 e. The highest BCUT2D eigenvalue weighted by molar-refractivity contribution is 6.10. The molecule has 4 aromatic carbocycles. The first-order valence-electron chi connectivity index (χ1n) is 15.8. The van der Waals surface area contributed by atoms with Crippen molar-refractivity contribution in [2.24, 2.45) is 0 Å². The van der Waals surface area contributed by atoms with Gasteiger partial charge in [-0.2, -0.15) is 0 Å². The SMILES string of the molecule is C=C(/C=C\c1ccc(-c2ccc(-c3nc(-c4ccccc4)c4ccccc4n3)cc2)cc1CC)C1=CC=C/C(=C2\C=CC=CC2=N)N1. The molecule has 5 aromatic rings. The molecule has 0 saturated carbocycles. The van der Waals surface area contributed by atoms with E-state index in [-0.39, 0.29) is 0 Å². The van der Waals surface area contributed by atoms with E-state index in [2.05, 4.69) is 91.6 Å². The third-order valence-electron chi connectivity index (χ3n) is 8.47. The van der Waals surface area contributed by atoms with Crippen LogP contribution < -0.4 is 5.32 Å². The van der Waals surface area contributed by atoms with Crippen LogP contribution in [0.5, 0.6) is 0 Å². The monoisotopic (exact) mass is 606 g/mol. The molecular weight excluding hydrogens is 573 g/mol. The summed E-state index contributed by atoms with van der Waals surface area (Å²) in [7, 11) is 0. The Morgan fingerprint density at radius 2 is 1.51 bits per heavy atom. The maximum Gasteiger partial charge on any atom is 0.160 e. The molecular formula is C43H34N4. The Kier molecular flexibility index (Phi) is 8.23. The van der Waals surface area contributed by atoms with E-state index in [1.165, 1.54) is 16.7 Å². The van der Waals surface area contributed by atoms with Gasteiger partial charge in [-0.3, -0.25) is 0 Å². The molecule has 2 heterocycles. The van der Waals surface area contributed by atoms with Gasteiger partial charge in [-0.05, 0) is 58.5 Å². The van der Waals surface area contributed by atoms with Crippen LogP contribution in [0.2, 0.25) is 0 Å². The van der Waals surface area contributed by atoms with Crippen molar-refractivity contribution in [2.75, 3.05) is 0 Å². The molecule has 226 valence electrons. The molecule has 2 N–H and O–H groups in total. The fraction of sp³-hybridized carbons (Fsp3) is 0.0465. The molecule has 1 aliphatic heterocycles. The number of allylic oxidation sites excluding steroid dienone is 9. The predicted molar refractivity (Wildman–Crippen MR) is 197 cm³/mol. The average Bonchev–Trinajstić information content (AvgIpc) is 3.14. The summed E-state index contributed by atoms with van der Waals surface area (Å²) in [6, 6.07) is 33.6. The Morgan fingerprint density at radius 3 is 2.32 bits per heavy atom. The van der Waals surface area contributed by atoms with Gasteiger partial charge in [-0.1, -0.05) is 141 Å². The lowest BCUT2D eigenvalue weighted by molar-refractivity contribution is 1.01. The van der Waals surface area contributed by atoms with Crippen LogP contribution in [0.3, 0.4) is 0 Å². The Hall–Kier alpha value is -6.13. The van der Waals surface area contributed by atoms with E-state index >= 15 is 0 Å². The molecule has 7 rings (SSSR count). The van der Waals surface area contributed by atoms with Gasteiger partial charge in [0.2, 0.25) is 0 Å². The molecule has 0 radical (unpaired) electrons. The van der Waals surface area contributed by atoms with Crippen molar-refractivity contribution < 1.29 is 0 Å². The lowest BCUT2D eigenvalue weighted by atomic mass is 9.96. The molecule has 2 aliphatic rings. The Morgan fingerprint density at radius 1 is 0.766 bits per heavy atom. The lowest BCUT2D eigenvalue weighted by Gasteiger charge is -2.19. The van der Waals surface area contributed by atoms with Crippen LogP contribution in [0.25, 0.3) is 50.8 Å². The first-order chi connectivity index (χ1) is 23.1. The van der Waals surface area contributed by atoms with Gasteiger partial charge in [0.15, 0.2) is 5.82 Å². The number of fused-ring (bicyclic) bond motifs is 1. The van der Waals surface area contributed by atoms with Gasteiger partial charge in [0.05, 0.1) is 16.9 Å². The van der Waals surface area contributed by atoms with Crippen LogP contribution in [0.1, 0.15) is 18.1 Å². The summed E-state index contributed by atoms with van der Waals surface area (Å²) in [5.41, 5.74) is 12.7. The van der Waals surface area contributed by atoms with Gasteiger partial charge in [0, 0.05) is 33.5 Å². The summed E-state index contributed by atoms with van der Waals surface area (Å²) in [6.45, 7) is 6.50. The van der Waals surface area contributed by atoms with Crippen molar-refractivity contribution in [1.29, 1.82) is 5.41 Å². The minimum absolute atomic E-state index is 0.489. The van der Waals surface area contributed by atoms with E-state index in [4.69, 9.17) is 15.4 Å². The third-order valence-corrected chi connectivity index (χ3v) is 8.47. The van der Waals surface area contributed by atoms with Crippen LogP contribution >= 0.6 is 0 Å². The molecule has 0 atom stereocenters. The third kappa shape index (κ3) is 6.22. The predicted octanol–water partition coefficient (Wildman–Crippen LogP) is 10.2. The number of nitrogens with one attached hydrogen (secondary N) is 2. The summed E-state index contributed by atoms with van der Waals surface area (Å²) in [6.07, 6.45) is 18.7. The fourth-order valence-electron chi connectivity index (χ4n) is 5.90. The second-order valence-electron chi connectivity index (χ2n) is 11.5. The van der Waals surface area contributed by atoms with Crippen molar-refractivity contribution in [2.45, 2.75) is 13.3 Å². The van der Waals surface area contributed by atoms with Gasteiger partial charge >= 0.3 is 0 Å². The lowest BCUT2D eigenvalue weighted by Crippen LogP contribution is -2.19. The van der Waals surface area contributed by atoms with Crippen molar-refractivity contribution in [1.82, 2.24) is 15.3 Å². The fourth-order valence-corrected chi connectivity index (χ4v) is 5.90. The zero-order valence-corrected chi connectivity index (χ0v) is 26.2. The number of nitrogens with zero attached hydrogens (tertiary/aromatic N) is 2. The van der Waals surface area contributed by atoms with Gasteiger partial charge in [-0.25, -0.2) is 9.97 Å². The van der Waals surface area contributed by atoms with Crippen LogP contribution in [0, 0.1) is 5.41 Å². The molecule has 0 saturated heterocycles. The quantitative estimate of drug-likeness (QED) is 0.181. The molecule has 4 nitrogen and oxygen atoms in total. The largest absolute Gasteiger partial charge is 0.355 e. The van der Waals surface area contributed by atoms with Crippen molar-refractivity contribution >= 4 is 22.7 Å². The normalized spacial score (nSPS) is 15.7. The standard InChI is InChI=1S/C43H34N4/c1-3-30-28-35(27-24-31(30)21-20-29(2)39-18-11-19-40(45-39)36-14-7-9-16-38(36)44)32-22-25-34(26-23-32)43-46-41-17-10-8-15-37(41)42(47-43)33-12-5-4-6-13-33/h4-28,44-45H,2-3H2,1H3/b21-20-,40-36-,44-38?. The van der Waals surface area contributed by atoms with Crippen LogP contribution in [0.4, 0.5) is 0 Å². The summed E-state index contributed by atoms with van der Waals surface area (Å²) >= 11 is 0. The van der Waals surface area contributed by atoms with Crippen LogP contribution in [0.15, 0.2) is 175 Å². The topological polar surface area (TPSA) is 61.7 Å². The number of para-hydroxylation sites is 1. The summed E-state index contributed by atoms with van der Waals surface area (Å²) < 4.78 is 0. The average molecular weight is 607 g/mol. The maximum absolute atomic E-state index is 8.26. The zero-order chi connectivity index (χ0) is 32.2. The molecule has 0 spiro atoms. The number of aromatic nitrogens is 2. The number of dihydropyridines is 1. The van der Waals surface area contributed by atoms with E-state index in [1.54, 1.807) is 6.08 Å². The van der Waals surface area contributed by atoms with Crippen molar-refractivity contribution in [3.8, 4) is 33.8 Å². The Balaban J connectivity index is 1.11. The maximum atomic E-state index is 8.26. The molecule has 0 unspecified atom stereocenters. The number of rotatable bonds is 7. The second kappa shape index (κ2) is 13.1. The van der Waals surface area contributed by atoms with Gasteiger partial charge in [0.25, 0.3) is 0 Å². The highest BCUT2D eigenvalue weighted by Crippen LogP contribution is 2.31. The molecule has 0 bridgehead atoms. The zero-order valence-electron chi connectivity index (χ0n) is 26.2. The Bertz CT molecular complexity index is 2210. The number of hydrogen-bond donors (Lipinski definition) is 2. The van der Waals surface area contributed by atoms with Gasteiger partial charge in [0.1, 0.15) is 0 Å². The van der Waals surface area contributed by atoms with E-state index < -0.39 is 0 Å². The van der Waals surface area contributed by atoms with Crippen molar-refractivity contribution in [3.63, 3.8) is 0 Å². The van der Waals surface area contributed by atoms with Gasteiger partial charge in [-0.15, -0.1) is 0 Å². The first-order valence-corrected chi connectivity index (χ1v) is 15.8. The summed E-state index contributed by atoms with van der Waals surface area (Å²) in [4.78, 5) is 9.94. The molecule has 0 amide bonds. The van der Waals surface area contributed by atoms with E-state index in [9.17, 15) is 0 Å². The van der Waals surface area contributed by atoms with Crippen LogP contribution in [-0.2, 0) is 6.42 Å². The molecule has 0 fully saturated rings. The molecule has 1 aromatic heterocycles. The highest BCUT2D eigenvalue weighted by Gasteiger charge is 2.14. The summed E-state index contributed by atoms with van der Waals surface area (Å²) in [5, 5.41) is 12.8. The highest BCUT2D eigenvalue weighted by atomic mass is 14.9. The van der Waals surface area contributed by atoms with Crippen molar-refractivity contribution in [3.05, 3.63) is 186 Å². The molecule has 1 aliphatic carbocycles. The number of hydrogen-bond acceptors (Lipinski definition) is 4. The minimum atomic E-state index is 0.489.